The van der Waals surface area contributed by atoms with E-state index in [9.17, 15) is 0 Å². The summed E-state index contributed by atoms with van der Waals surface area (Å²) in [5, 5.41) is 9.10. The smallest absolute Gasteiger partial charge is 0.169 e. The molecule has 0 saturated heterocycles. The Labute approximate surface area is 122 Å². The zero-order valence-electron chi connectivity index (χ0n) is 11.0. The summed E-state index contributed by atoms with van der Waals surface area (Å²) in [6.45, 7) is -0.0424. The van der Waals surface area contributed by atoms with Crippen LogP contribution in [0.5, 0.6) is 17.2 Å². The molecule has 20 heavy (non-hydrogen) atoms. The van der Waals surface area contributed by atoms with E-state index in [1.165, 1.54) is 0 Å². The second kappa shape index (κ2) is 6.36. The number of nitrogens with two attached hydrogens (primary N) is 1. The van der Waals surface area contributed by atoms with Gasteiger partial charge in [-0.1, -0.05) is 18.3 Å². The van der Waals surface area contributed by atoms with Gasteiger partial charge in [0.15, 0.2) is 11.5 Å². The Bertz CT molecular complexity index is 611. The average Bonchev–Trinajstić information content (AvgIpc) is 2.48. The first-order valence-corrected chi connectivity index (χ1v) is 6.40. The first-order valence-electron chi connectivity index (χ1n) is 5.99. The van der Waals surface area contributed by atoms with E-state index in [1.54, 1.807) is 49.6 Å². The van der Waals surface area contributed by atoms with Gasteiger partial charge in [-0.15, -0.1) is 0 Å². The van der Waals surface area contributed by atoms with Crippen LogP contribution in [0.1, 0.15) is 11.1 Å². The molecular formula is C15H15NO3S. The molecule has 4 nitrogen and oxygen atoms in total. The van der Waals surface area contributed by atoms with Gasteiger partial charge in [-0.3, -0.25) is 0 Å². The van der Waals surface area contributed by atoms with Crippen molar-refractivity contribution in [1.29, 1.82) is 0 Å². The van der Waals surface area contributed by atoms with Gasteiger partial charge in [0.05, 0.1) is 13.7 Å². The first kappa shape index (κ1) is 14.3. The van der Waals surface area contributed by atoms with Crippen molar-refractivity contribution in [3.63, 3.8) is 0 Å². The van der Waals surface area contributed by atoms with Crippen molar-refractivity contribution in [2.24, 2.45) is 5.73 Å². The highest BCUT2D eigenvalue weighted by Crippen LogP contribution is 2.32. The maximum absolute atomic E-state index is 9.10. The molecule has 2 aromatic rings. The summed E-state index contributed by atoms with van der Waals surface area (Å²) < 4.78 is 11.0. The third-order valence-electron chi connectivity index (χ3n) is 2.78. The summed E-state index contributed by atoms with van der Waals surface area (Å²) in [4.78, 5) is 0.349. The van der Waals surface area contributed by atoms with Crippen LogP contribution in [0.3, 0.4) is 0 Å². The number of methoxy groups -OCH3 is 1. The molecule has 0 atom stereocenters. The molecule has 0 amide bonds. The van der Waals surface area contributed by atoms with Crippen molar-refractivity contribution < 1.29 is 14.6 Å². The summed E-state index contributed by atoms with van der Waals surface area (Å²) >= 11 is 4.90. The molecule has 0 radical (unpaired) electrons. The first-order chi connectivity index (χ1) is 9.63. The second-order valence-electron chi connectivity index (χ2n) is 4.13. The van der Waals surface area contributed by atoms with Crippen molar-refractivity contribution in [3.05, 3.63) is 53.6 Å². The van der Waals surface area contributed by atoms with E-state index < -0.39 is 0 Å². The Morgan fingerprint density at radius 2 is 1.85 bits per heavy atom. The zero-order chi connectivity index (χ0) is 14.5. The highest BCUT2D eigenvalue weighted by atomic mass is 32.1. The molecule has 5 heteroatoms. The van der Waals surface area contributed by atoms with Crippen molar-refractivity contribution >= 4 is 17.2 Å². The van der Waals surface area contributed by atoms with Crippen molar-refractivity contribution in [1.82, 2.24) is 0 Å². The fraction of sp³-hybridized carbons (Fsp3) is 0.133. The van der Waals surface area contributed by atoms with Gasteiger partial charge in [0.25, 0.3) is 0 Å². The van der Waals surface area contributed by atoms with E-state index in [1.807, 2.05) is 0 Å². The van der Waals surface area contributed by atoms with E-state index in [2.05, 4.69) is 0 Å². The third kappa shape index (κ3) is 3.26. The summed E-state index contributed by atoms with van der Waals surface area (Å²) in [6.07, 6.45) is 0. The van der Waals surface area contributed by atoms with Crippen LogP contribution >= 0.6 is 12.2 Å². The highest BCUT2D eigenvalue weighted by Gasteiger charge is 2.07. The fourth-order valence-electron chi connectivity index (χ4n) is 1.71. The van der Waals surface area contributed by atoms with Gasteiger partial charge in [-0.25, -0.2) is 0 Å². The molecule has 0 heterocycles. The van der Waals surface area contributed by atoms with E-state index >= 15 is 0 Å². The van der Waals surface area contributed by atoms with Crippen LogP contribution in [0, 0.1) is 0 Å². The van der Waals surface area contributed by atoms with Crippen LogP contribution in [0.25, 0.3) is 0 Å². The van der Waals surface area contributed by atoms with Crippen LogP contribution in [0.15, 0.2) is 42.5 Å². The lowest BCUT2D eigenvalue weighted by Gasteiger charge is -2.11. The van der Waals surface area contributed by atoms with Crippen molar-refractivity contribution in [2.75, 3.05) is 7.11 Å². The molecule has 0 unspecified atom stereocenters. The molecule has 0 aliphatic heterocycles. The van der Waals surface area contributed by atoms with Crippen molar-refractivity contribution in [2.45, 2.75) is 6.61 Å². The SMILES string of the molecule is COc1cc(CO)ccc1Oc1ccc(C(N)=S)cc1. The predicted molar refractivity (Wildman–Crippen MR) is 81.3 cm³/mol. The Hall–Kier alpha value is -2.11. The number of ether oxygens (including phenoxy) is 2. The minimum absolute atomic E-state index is 0.0424. The molecule has 104 valence electrons. The van der Waals surface area contributed by atoms with Crippen LogP contribution < -0.4 is 15.2 Å². The second-order valence-corrected chi connectivity index (χ2v) is 4.57. The van der Waals surface area contributed by atoms with Crippen molar-refractivity contribution in [3.8, 4) is 17.2 Å². The zero-order valence-corrected chi connectivity index (χ0v) is 11.8. The molecule has 0 spiro atoms. The van der Waals surface area contributed by atoms with E-state index in [4.69, 9.17) is 32.5 Å². The maximum atomic E-state index is 9.10. The number of benzene rings is 2. The van der Waals surface area contributed by atoms with Crippen LogP contribution in [0.4, 0.5) is 0 Å². The van der Waals surface area contributed by atoms with Gasteiger partial charge < -0.3 is 20.3 Å². The number of rotatable bonds is 5. The minimum Gasteiger partial charge on any atom is -0.493 e. The molecular weight excluding hydrogens is 274 g/mol. The monoisotopic (exact) mass is 289 g/mol. The van der Waals surface area contributed by atoms with Gasteiger partial charge in [0.2, 0.25) is 0 Å². The molecule has 2 rings (SSSR count). The molecule has 0 fully saturated rings. The Morgan fingerprint density at radius 3 is 2.40 bits per heavy atom. The Morgan fingerprint density at radius 1 is 1.15 bits per heavy atom. The lowest BCUT2D eigenvalue weighted by Crippen LogP contribution is -2.08. The summed E-state index contributed by atoms with van der Waals surface area (Å²) in [7, 11) is 1.55. The summed E-state index contributed by atoms with van der Waals surface area (Å²) in [5.74, 6) is 1.79. The maximum Gasteiger partial charge on any atom is 0.169 e. The fourth-order valence-corrected chi connectivity index (χ4v) is 1.84. The largest absolute Gasteiger partial charge is 0.493 e. The molecule has 0 aromatic heterocycles. The Kier molecular flexibility index (Phi) is 4.55. The number of hydrogen-bond acceptors (Lipinski definition) is 4. The number of aliphatic hydroxyl groups is 1. The van der Waals surface area contributed by atoms with Crippen LogP contribution in [-0.4, -0.2) is 17.2 Å². The molecule has 0 aliphatic rings. The minimum atomic E-state index is -0.0424. The van der Waals surface area contributed by atoms with Gasteiger partial charge >= 0.3 is 0 Å². The molecule has 3 N–H and O–H groups in total. The van der Waals surface area contributed by atoms with Gasteiger partial charge in [0, 0.05) is 5.56 Å². The quantitative estimate of drug-likeness (QED) is 0.828. The third-order valence-corrected chi connectivity index (χ3v) is 3.01. The normalized spacial score (nSPS) is 10.1. The van der Waals surface area contributed by atoms with Gasteiger partial charge in [-0.2, -0.15) is 0 Å². The molecule has 0 saturated carbocycles. The van der Waals surface area contributed by atoms with E-state index in [0.717, 1.165) is 11.1 Å². The standard InChI is InChI=1S/C15H15NO3S/c1-18-14-8-10(9-17)2-7-13(14)19-12-5-3-11(4-6-12)15(16)20/h2-8,17H,9H2,1H3,(H2,16,20). The summed E-state index contributed by atoms with van der Waals surface area (Å²) in [5.41, 5.74) is 7.09. The predicted octanol–water partition coefficient (Wildman–Crippen LogP) is 2.61. The van der Waals surface area contributed by atoms with Crippen LogP contribution in [-0.2, 0) is 6.61 Å². The topological polar surface area (TPSA) is 64.7 Å². The Balaban J connectivity index is 2.23. The van der Waals surface area contributed by atoms with E-state index in [-0.39, 0.29) is 6.61 Å². The lowest BCUT2D eigenvalue weighted by atomic mass is 10.2. The average molecular weight is 289 g/mol. The summed E-state index contributed by atoms with van der Waals surface area (Å²) in [6, 6.07) is 12.4. The van der Waals surface area contributed by atoms with Gasteiger partial charge in [0.1, 0.15) is 10.7 Å². The molecule has 0 bridgehead atoms. The van der Waals surface area contributed by atoms with Crippen LogP contribution in [0.2, 0.25) is 0 Å². The number of thiocarbonyl (C=S) groups is 1. The molecule has 2 aromatic carbocycles. The lowest BCUT2D eigenvalue weighted by molar-refractivity contribution is 0.280. The highest BCUT2D eigenvalue weighted by molar-refractivity contribution is 7.80. The molecule has 0 aliphatic carbocycles. The van der Waals surface area contributed by atoms with Gasteiger partial charge in [-0.05, 0) is 42.0 Å². The number of aliphatic hydroxyl groups excluding tert-OH is 1. The van der Waals surface area contributed by atoms with E-state index in [0.29, 0.717) is 22.2 Å². The number of hydrogen-bond donors (Lipinski definition) is 2.